The molecule has 1 saturated carbocycles. The number of benzene rings is 1. The van der Waals surface area contributed by atoms with Crippen molar-refractivity contribution in [3.63, 3.8) is 0 Å². The fraction of sp³-hybridized carbons (Fsp3) is 0.222. The smallest absolute Gasteiger partial charge is 0.255 e. The van der Waals surface area contributed by atoms with Crippen molar-refractivity contribution in [3.8, 4) is 5.75 Å². The molecule has 0 bridgehead atoms. The van der Waals surface area contributed by atoms with Crippen LogP contribution >= 0.6 is 11.6 Å². The second kappa shape index (κ2) is 6.57. The van der Waals surface area contributed by atoms with E-state index in [1.165, 1.54) is 6.20 Å². The molecule has 1 N–H and O–H groups in total. The zero-order valence-corrected chi connectivity index (χ0v) is 14.2. The molecule has 1 aliphatic rings. The van der Waals surface area contributed by atoms with Gasteiger partial charge in [-0.25, -0.2) is 13.3 Å². The Labute approximate surface area is 152 Å². The molecule has 26 heavy (non-hydrogen) atoms. The first kappa shape index (κ1) is 16.8. The summed E-state index contributed by atoms with van der Waals surface area (Å²) in [6, 6.07) is 7.53. The number of nitrogens with zero attached hydrogens (tertiary/aromatic N) is 2. The monoisotopic (exact) mass is 377 g/mol. The predicted octanol–water partition coefficient (Wildman–Crippen LogP) is 3.61. The number of carbonyl (C=O) groups is 1. The number of hydrogen-bond acceptors (Lipinski definition) is 3. The van der Waals surface area contributed by atoms with Gasteiger partial charge in [-0.15, -0.1) is 0 Å². The first-order chi connectivity index (χ1) is 12.5. The molecule has 2 aromatic heterocycles. The topological polar surface area (TPSA) is 55.6 Å². The number of pyridine rings is 1. The Hall–Kier alpha value is -2.67. The molecule has 134 valence electrons. The van der Waals surface area contributed by atoms with Gasteiger partial charge in [0.1, 0.15) is 28.5 Å². The minimum atomic E-state index is -0.862. The van der Waals surface area contributed by atoms with Crippen LogP contribution < -0.4 is 10.1 Å². The van der Waals surface area contributed by atoms with Crippen LogP contribution in [0.3, 0.4) is 0 Å². The van der Waals surface area contributed by atoms with Gasteiger partial charge < -0.3 is 10.1 Å². The molecule has 5 nitrogen and oxygen atoms in total. The summed E-state index contributed by atoms with van der Waals surface area (Å²) in [5, 5.41) is 6.50. The Bertz CT molecular complexity index is 962. The van der Waals surface area contributed by atoms with Crippen LogP contribution in [0.25, 0.3) is 5.52 Å². The Morgan fingerprint density at radius 3 is 2.73 bits per heavy atom. The van der Waals surface area contributed by atoms with Gasteiger partial charge in [-0.05, 0) is 12.1 Å². The molecule has 2 heterocycles. The van der Waals surface area contributed by atoms with E-state index in [1.54, 1.807) is 10.7 Å². The van der Waals surface area contributed by atoms with E-state index in [9.17, 15) is 13.6 Å². The molecule has 0 atom stereocenters. The number of ether oxygens (including phenoxy) is 1. The second-order valence-corrected chi connectivity index (χ2v) is 6.55. The summed E-state index contributed by atoms with van der Waals surface area (Å²) >= 11 is 5.44. The standard InChI is InChI=1S/C18H14ClF2N3O2/c19-17-14(20)7-12(8-15(17)21)26-11-5-10(6-11)23-18(25)13-9-22-24-4-2-1-3-16(13)24/h1-4,7-11H,5-6H2,(H,23,25). The summed E-state index contributed by atoms with van der Waals surface area (Å²) in [5.41, 5.74) is 1.22. The van der Waals surface area contributed by atoms with E-state index < -0.39 is 16.7 Å². The maximum absolute atomic E-state index is 13.4. The summed E-state index contributed by atoms with van der Waals surface area (Å²) in [5.74, 6) is -1.85. The Balaban J connectivity index is 1.34. The van der Waals surface area contributed by atoms with E-state index in [-0.39, 0.29) is 23.8 Å². The van der Waals surface area contributed by atoms with E-state index in [0.29, 0.717) is 18.4 Å². The number of nitrogens with one attached hydrogen (secondary N) is 1. The maximum atomic E-state index is 13.4. The zero-order chi connectivity index (χ0) is 18.3. The van der Waals surface area contributed by atoms with Crippen molar-refractivity contribution in [1.29, 1.82) is 0 Å². The van der Waals surface area contributed by atoms with Gasteiger partial charge in [0, 0.05) is 37.2 Å². The van der Waals surface area contributed by atoms with Gasteiger partial charge in [0.05, 0.1) is 17.3 Å². The van der Waals surface area contributed by atoms with E-state index in [1.807, 2.05) is 18.2 Å². The molecule has 0 saturated heterocycles. The number of halogens is 3. The molecule has 1 aromatic carbocycles. The number of fused-ring (bicyclic) bond motifs is 1. The third kappa shape index (κ3) is 3.10. The van der Waals surface area contributed by atoms with Crippen LogP contribution in [0.1, 0.15) is 23.2 Å². The molecular weight excluding hydrogens is 364 g/mol. The molecule has 0 spiro atoms. The lowest BCUT2D eigenvalue weighted by Crippen LogP contribution is -2.49. The quantitative estimate of drug-likeness (QED) is 0.707. The molecule has 1 aliphatic carbocycles. The van der Waals surface area contributed by atoms with Gasteiger partial charge >= 0.3 is 0 Å². The highest BCUT2D eigenvalue weighted by molar-refractivity contribution is 6.30. The normalized spacial score (nSPS) is 19.2. The van der Waals surface area contributed by atoms with Crippen LogP contribution in [-0.2, 0) is 0 Å². The van der Waals surface area contributed by atoms with Crippen LogP contribution in [0, 0.1) is 11.6 Å². The highest BCUT2D eigenvalue weighted by Crippen LogP contribution is 2.30. The van der Waals surface area contributed by atoms with Crippen LogP contribution in [0.15, 0.2) is 42.7 Å². The summed E-state index contributed by atoms with van der Waals surface area (Å²) in [6.45, 7) is 0. The summed E-state index contributed by atoms with van der Waals surface area (Å²) < 4.78 is 34.0. The fourth-order valence-corrected chi connectivity index (χ4v) is 3.05. The van der Waals surface area contributed by atoms with Crippen molar-refractivity contribution in [2.45, 2.75) is 25.0 Å². The van der Waals surface area contributed by atoms with E-state index in [0.717, 1.165) is 17.6 Å². The Morgan fingerprint density at radius 2 is 2.00 bits per heavy atom. The number of aromatic nitrogens is 2. The van der Waals surface area contributed by atoms with E-state index >= 15 is 0 Å². The van der Waals surface area contributed by atoms with Crippen molar-refractivity contribution in [1.82, 2.24) is 14.9 Å². The van der Waals surface area contributed by atoms with Crippen LogP contribution in [0.2, 0.25) is 5.02 Å². The van der Waals surface area contributed by atoms with E-state index in [2.05, 4.69) is 10.4 Å². The second-order valence-electron chi connectivity index (χ2n) is 6.17. The minimum absolute atomic E-state index is 0.0619. The predicted molar refractivity (Wildman–Crippen MR) is 91.5 cm³/mol. The summed E-state index contributed by atoms with van der Waals surface area (Å²) in [4.78, 5) is 12.4. The lowest BCUT2D eigenvalue weighted by atomic mass is 9.89. The van der Waals surface area contributed by atoms with Crippen molar-refractivity contribution in [2.75, 3.05) is 0 Å². The molecular formula is C18H14ClF2N3O2. The van der Waals surface area contributed by atoms with Gasteiger partial charge in [-0.3, -0.25) is 4.79 Å². The maximum Gasteiger partial charge on any atom is 0.255 e. The third-order valence-corrected chi connectivity index (χ3v) is 4.72. The van der Waals surface area contributed by atoms with Gasteiger partial charge in [0.2, 0.25) is 0 Å². The van der Waals surface area contributed by atoms with Gasteiger partial charge in [-0.2, -0.15) is 5.10 Å². The van der Waals surface area contributed by atoms with Gasteiger partial charge in [0.25, 0.3) is 5.91 Å². The minimum Gasteiger partial charge on any atom is -0.490 e. The zero-order valence-electron chi connectivity index (χ0n) is 13.5. The summed E-state index contributed by atoms with van der Waals surface area (Å²) in [7, 11) is 0. The van der Waals surface area contributed by atoms with Crippen LogP contribution in [0.5, 0.6) is 5.75 Å². The molecule has 0 aliphatic heterocycles. The number of amides is 1. The molecule has 0 radical (unpaired) electrons. The Kier molecular flexibility index (Phi) is 4.24. The molecule has 4 rings (SSSR count). The summed E-state index contributed by atoms with van der Waals surface area (Å²) in [6.07, 6.45) is 4.18. The van der Waals surface area contributed by atoms with Crippen molar-refractivity contribution in [2.24, 2.45) is 0 Å². The molecule has 1 fully saturated rings. The highest BCUT2D eigenvalue weighted by atomic mass is 35.5. The average molecular weight is 378 g/mol. The third-order valence-electron chi connectivity index (χ3n) is 4.36. The van der Waals surface area contributed by atoms with Crippen molar-refractivity contribution in [3.05, 3.63) is 64.9 Å². The van der Waals surface area contributed by atoms with Gasteiger partial charge in [-0.1, -0.05) is 17.7 Å². The molecule has 3 aromatic rings. The largest absolute Gasteiger partial charge is 0.490 e. The van der Waals surface area contributed by atoms with Crippen LogP contribution in [0.4, 0.5) is 8.78 Å². The lowest BCUT2D eigenvalue weighted by Gasteiger charge is -2.35. The van der Waals surface area contributed by atoms with Crippen LogP contribution in [-0.4, -0.2) is 27.7 Å². The number of hydrogen-bond donors (Lipinski definition) is 1. The van der Waals surface area contributed by atoms with Crippen molar-refractivity contribution < 1.29 is 18.3 Å². The van der Waals surface area contributed by atoms with Crippen molar-refractivity contribution >= 4 is 23.0 Å². The highest BCUT2D eigenvalue weighted by Gasteiger charge is 2.33. The first-order valence-corrected chi connectivity index (χ1v) is 8.43. The lowest BCUT2D eigenvalue weighted by molar-refractivity contribution is 0.0699. The SMILES string of the molecule is O=C(NC1CC(Oc2cc(F)c(Cl)c(F)c2)C1)c1cnn2ccccc12. The van der Waals surface area contributed by atoms with E-state index in [4.69, 9.17) is 16.3 Å². The molecule has 8 heteroatoms. The van der Waals surface area contributed by atoms with Gasteiger partial charge in [0.15, 0.2) is 0 Å². The average Bonchev–Trinajstić information content (AvgIpc) is 3.01. The molecule has 1 amide bonds. The number of carbonyl (C=O) groups excluding carboxylic acids is 1. The first-order valence-electron chi connectivity index (χ1n) is 8.05. The molecule has 0 unspecified atom stereocenters. The number of rotatable bonds is 4. The fourth-order valence-electron chi connectivity index (χ4n) is 2.95. The Morgan fingerprint density at radius 1 is 1.27 bits per heavy atom.